The number of ether oxygens (including phenoxy) is 2. The van der Waals surface area contributed by atoms with Crippen LogP contribution in [0, 0.1) is 23.7 Å². The summed E-state index contributed by atoms with van der Waals surface area (Å²) in [6.07, 6.45) is 13.1. The van der Waals surface area contributed by atoms with E-state index in [0.717, 1.165) is 74.9 Å². The first-order valence-corrected chi connectivity index (χ1v) is 23.6. The second-order valence-electron chi connectivity index (χ2n) is 17.3. The smallest absolute Gasteiger partial charge is 0.263 e. The number of halogens is 1. The van der Waals surface area contributed by atoms with Crippen molar-refractivity contribution < 1.29 is 18.5 Å². The molecule has 8 nitrogen and oxygen atoms in total. The number of aryl methyl sites for hydroxylation is 1. The number of amides is 1. The lowest BCUT2D eigenvalue weighted by Gasteiger charge is -2.45. The summed E-state index contributed by atoms with van der Waals surface area (Å²) < 4.78 is 26.7. The van der Waals surface area contributed by atoms with Gasteiger partial charge in [-0.15, -0.1) is 0 Å². The van der Waals surface area contributed by atoms with Gasteiger partial charge < -0.3 is 14.4 Å². The second kappa shape index (κ2) is 24.0. The molecule has 3 heterocycles. The van der Waals surface area contributed by atoms with Crippen molar-refractivity contribution in [1.82, 2.24) is 14.5 Å². The van der Waals surface area contributed by atoms with Crippen LogP contribution in [0.1, 0.15) is 121 Å². The Morgan fingerprint density at radius 2 is 1.81 bits per heavy atom. The summed E-state index contributed by atoms with van der Waals surface area (Å²) in [5, 5.41) is 0.599. The number of piperazine rings is 1. The first kappa shape index (κ1) is 47.3. The van der Waals surface area contributed by atoms with Crippen LogP contribution in [0.2, 0.25) is 5.02 Å². The van der Waals surface area contributed by atoms with Gasteiger partial charge in [0.15, 0.2) is 0 Å². The monoisotopic (exact) mass is 827 g/mol. The minimum Gasteiger partial charge on any atom is -0.491 e. The average Bonchev–Trinajstić information content (AvgIpc) is 3.36. The van der Waals surface area contributed by atoms with Crippen LogP contribution in [0.5, 0.6) is 5.75 Å². The number of rotatable bonds is 17. The summed E-state index contributed by atoms with van der Waals surface area (Å²) in [7, 11) is 0.269. The zero-order valence-electron chi connectivity index (χ0n) is 36.7. The van der Waals surface area contributed by atoms with E-state index in [4.69, 9.17) is 21.1 Å². The Morgan fingerprint density at radius 1 is 1.02 bits per heavy atom. The Balaban J connectivity index is 0.00000111. The fourth-order valence-electron chi connectivity index (χ4n) is 9.00. The number of benzene rings is 2. The van der Waals surface area contributed by atoms with Crippen molar-refractivity contribution in [2.24, 2.45) is 23.7 Å². The second-order valence-corrected chi connectivity index (χ2v) is 19.5. The molecule has 320 valence electrons. The Hall–Kier alpha value is -2.43. The van der Waals surface area contributed by atoms with E-state index in [1.165, 1.54) is 50.0 Å². The predicted molar refractivity (Wildman–Crippen MR) is 241 cm³/mol. The van der Waals surface area contributed by atoms with Crippen LogP contribution in [0.4, 0.5) is 5.69 Å². The SMILES string of the molecule is CC/C=C/C(CN1CCN2CCCCC2C1)C(CC)C(C)CN1CC(c2ccc(Cl)cc2CCC)COc2ccc(C(=O)NS(=O)C(C)C)cc21.COCC(C)C. The number of anilines is 1. The van der Waals surface area contributed by atoms with Gasteiger partial charge >= 0.3 is 0 Å². The summed E-state index contributed by atoms with van der Waals surface area (Å²) in [4.78, 5) is 21.3. The van der Waals surface area contributed by atoms with Crippen LogP contribution < -0.4 is 14.4 Å². The van der Waals surface area contributed by atoms with Crippen LogP contribution >= 0.6 is 11.6 Å². The molecule has 1 amide bonds. The van der Waals surface area contributed by atoms with Gasteiger partial charge in [0.05, 0.1) is 12.3 Å². The van der Waals surface area contributed by atoms with E-state index in [-0.39, 0.29) is 17.1 Å². The Kier molecular flexibility index (Phi) is 19.9. The molecule has 10 heteroatoms. The third kappa shape index (κ3) is 14.1. The lowest BCUT2D eigenvalue weighted by molar-refractivity contribution is 0.0381. The maximum absolute atomic E-state index is 13.3. The number of fused-ring (bicyclic) bond motifs is 2. The van der Waals surface area contributed by atoms with Crippen LogP contribution in [-0.2, 0) is 22.1 Å². The Bertz CT molecular complexity index is 1590. The molecule has 0 bridgehead atoms. The standard InChI is InChI=1S/C42H63ClN4O3S.C5H12O/c1-7-10-14-34(26-45-21-22-46-20-12-11-15-37(46)28-45)38(9-3)31(6)25-47-27-35(39-18-17-36(43)23-32(39)13-8-2)29-50-41-19-16-33(24-40(41)47)42(48)44-51(49)30(4)5;1-5(2)4-6-3/h10,14,16-19,23-24,30-31,34-35,37-38H,7-9,11-13,15,20-22,25-29H2,1-6H3,(H,44,48);5H,4H2,1-3H3/b14-10+;. The topological polar surface area (TPSA) is 74.4 Å². The highest BCUT2D eigenvalue weighted by atomic mass is 35.5. The predicted octanol–water partition coefficient (Wildman–Crippen LogP) is 9.78. The summed E-state index contributed by atoms with van der Waals surface area (Å²) >= 11 is 6.50. The van der Waals surface area contributed by atoms with Gasteiger partial charge in [0.1, 0.15) is 16.7 Å². The van der Waals surface area contributed by atoms with Gasteiger partial charge in [-0.25, -0.2) is 4.21 Å². The fourth-order valence-corrected chi connectivity index (χ4v) is 9.73. The average molecular weight is 828 g/mol. The van der Waals surface area contributed by atoms with Gasteiger partial charge in [0, 0.05) is 80.8 Å². The normalized spacial score (nSPS) is 21.2. The zero-order valence-corrected chi connectivity index (χ0v) is 38.3. The van der Waals surface area contributed by atoms with Crippen LogP contribution in [-0.4, -0.2) is 97.3 Å². The molecule has 0 aliphatic carbocycles. The number of carbonyl (C=O) groups excluding carboxylic acids is 1. The molecule has 57 heavy (non-hydrogen) atoms. The van der Waals surface area contributed by atoms with E-state index in [2.05, 4.69) is 85.2 Å². The lowest BCUT2D eigenvalue weighted by Crippen LogP contribution is -2.55. The number of piperidine rings is 1. The van der Waals surface area contributed by atoms with E-state index >= 15 is 0 Å². The van der Waals surface area contributed by atoms with Crippen molar-refractivity contribution >= 4 is 34.2 Å². The van der Waals surface area contributed by atoms with Crippen LogP contribution in [0.15, 0.2) is 48.6 Å². The van der Waals surface area contributed by atoms with Gasteiger partial charge in [0.25, 0.3) is 5.91 Å². The molecule has 2 aromatic rings. The molecule has 3 aliphatic rings. The zero-order chi connectivity index (χ0) is 41.5. The highest BCUT2D eigenvalue weighted by Crippen LogP contribution is 2.39. The molecule has 0 saturated carbocycles. The van der Waals surface area contributed by atoms with Crippen molar-refractivity contribution in [1.29, 1.82) is 0 Å². The van der Waals surface area contributed by atoms with Gasteiger partial charge in [-0.1, -0.05) is 90.6 Å². The summed E-state index contributed by atoms with van der Waals surface area (Å²) in [6.45, 7) is 26.1. The number of nitrogens with one attached hydrogen (secondary N) is 1. The molecular weight excluding hydrogens is 752 g/mol. The Labute approximate surface area is 354 Å². The largest absolute Gasteiger partial charge is 0.491 e. The third-order valence-corrected chi connectivity index (χ3v) is 13.4. The molecule has 5 rings (SSSR count). The summed E-state index contributed by atoms with van der Waals surface area (Å²) in [5.74, 6) is 2.62. The molecule has 6 atom stereocenters. The number of allylic oxidation sites excluding steroid dienone is 1. The van der Waals surface area contributed by atoms with Crippen molar-refractivity contribution in [3.05, 3.63) is 70.3 Å². The fraction of sp³-hybridized carbons (Fsp3) is 0.681. The lowest BCUT2D eigenvalue weighted by atomic mass is 9.79. The molecule has 3 aliphatic heterocycles. The van der Waals surface area contributed by atoms with E-state index < -0.39 is 11.0 Å². The highest BCUT2D eigenvalue weighted by molar-refractivity contribution is 7.84. The van der Waals surface area contributed by atoms with Crippen molar-refractivity contribution in [2.45, 2.75) is 118 Å². The van der Waals surface area contributed by atoms with E-state index in [1.807, 2.05) is 32.0 Å². The number of methoxy groups -OCH3 is 1. The molecule has 0 radical (unpaired) electrons. The first-order chi connectivity index (χ1) is 27.4. The van der Waals surface area contributed by atoms with Gasteiger partial charge in [-0.05, 0) is 111 Å². The quantitative estimate of drug-likeness (QED) is 0.159. The van der Waals surface area contributed by atoms with Crippen molar-refractivity contribution in [2.75, 3.05) is 71.0 Å². The highest BCUT2D eigenvalue weighted by Gasteiger charge is 2.34. The van der Waals surface area contributed by atoms with Gasteiger partial charge in [0.2, 0.25) is 0 Å². The van der Waals surface area contributed by atoms with E-state index in [9.17, 15) is 9.00 Å². The number of hydrogen-bond donors (Lipinski definition) is 1. The van der Waals surface area contributed by atoms with Crippen molar-refractivity contribution in [3.63, 3.8) is 0 Å². The maximum atomic E-state index is 13.3. The summed E-state index contributed by atoms with van der Waals surface area (Å²) in [6, 6.07) is 12.7. The van der Waals surface area contributed by atoms with Gasteiger partial charge in [-0.2, -0.15) is 0 Å². The van der Waals surface area contributed by atoms with Gasteiger partial charge in [-0.3, -0.25) is 19.3 Å². The number of carbonyl (C=O) groups is 1. The minimum absolute atomic E-state index is 0.136. The van der Waals surface area contributed by atoms with Crippen molar-refractivity contribution in [3.8, 4) is 5.75 Å². The molecule has 0 aromatic heterocycles. The molecule has 0 spiro atoms. The molecule has 2 saturated heterocycles. The molecule has 2 aromatic carbocycles. The Morgan fingerprint density at radius 3 is 2.47 bits per heavy atom. The molecule has 1 N–H and O–H groups in total. The maximum Gasteiger partial charge on any atom is 0.263 e. The number of nitrogens with zero attached hydrogens (tertiary/aromatic N) is 3. The molecule has 2 fully saturated rings. The molecular formula is C47H75ClN4O4S. The minimum atomic E-state index is -1.45. The number of hydrogen-bond acceptors (Lipinski definition) is 7. The van der Waals surface area contributed by atoms with Crippen LogP contribution in [0.3, 0.4) is 0 Å². The molecule has 6 unspecified atom stereocenters. The van der Waals surface area contributed by atoms with E-state index in [1.54, 1.807) is 13.2 Å². The first-order valence-electron chi connectivity index (χ1n) is 22.0. The van der Waals surface area contributed by atoms with E-state index in [0.29, 0.717) is 41.9 Å². The summed E-state index contributed by atoms with van der Waals surface area (Å²) in [5.41, 5.74) is 4.00. The van der Waals surface area contributed by atoms with Crippen LogP contribution in [0.25, 0.3) is 0 Å². The third-order valence-electron chi connectivity index (χ3n) is 11.9.